The van der Waals surface area contributed by atoms with Gasteiger partial charge in [-0.15, -0.1) is 0 Å². The van der Waals surface area contributed by atoms with E-state index in [1.165, 1.54) is 60.7 Å². The van der Waals surface area contributed by atoms with E-state index in [0.717, 1.165) is 24.6 Å². The number of para-hydroxylation sites is 6. The summed E-state index contributed by atoms with van der Waals surface area (Å²) in [6, 6.07) is 19.2. The Kier molecular flexibility index (Phi) is 14.0. The zero-order valence-corrected chi connectivity index (χ0v) is 23.9. The fourth-order valence-electron chi connectivity index (χ4n) is 3.37. The average Bonchev–Trinajstić information content (AvgIpc) is 2.96. The number of carboxylic acids is 2. The Morgan fingerprint density at radius 3 is 1.23 bits per heavy atom. The van der Waals surface area contributed by atoms with Gasteiger partial charge in [-0.05, 0) is 34.4 Å². The summed E-state index contributed by atoms with van der Waals surface area (Å²) in [6.45, 7) is 0. The molecule has 0 N–H and O–H groups in total. The average molecular weight is 686 g/mol. The van der Waals surface area contributed by atoms with E-state index in [0.29, 0.717) is 0 Å². The number of nitro benzene ring substituents is 2. The zero-order chi connectivity index (χ0) is 30.8. The largest absolute Gasteiger partial charge is 2.00 e. The van der Waals surface area contributed by atoms with Crippen molar-refractivity contribution in [2.45, 2.75) is 0 Å². The Labute approximate surface area is 268 Å². The van der Waals surface area contributed by atoms with E-state index in [1.54, 1.807) is 12.1 Å². The van der Waals surface area contributed by atoms with Crippen LogP contribution in [0.5, 0.6) is 11.5 Å². The number of hydrogen-bond donors (Lipinski definition) is 0. The minimum Gasteiger partial charge on any atom is -0.872 e. The molecule has 0 aliphatic carbocycles. The van der Waals surface area contributed by atoms with Crippen LogP contribution in [0.15, 0.2) is 94.9 Å². The van der Waals surface area contributed by atoms with E-state index in [2.05, 4.69) is 9.98 Å². The number of carbonyl (C=O) groups excluding carboxylic acids is 2. The van der Waals surface area contributed by atoms with Crippen molar-refractivity contribution < 1.29 is 73.4 Å². The minimum atomic E-state index is -1.58. The first kappa shape index (κ1) is 36.6. The standard InChI is InChI=1S/2C14H10N2O5.2Co/c2*17-13-9(4-3-5-10(13)14(18)19)8-15-11-6-1-2-7-12(11)16(20)21;;/h2*1-8,17H,(H,18,19);;/q;;2*+2/p-4. The van der Waals surface area contributed by atoms with Gasteiger partial charge in [-0.25, -0.2) is 9.98 Å². The second-order valence-corrected chi connectivity index (χ2v) is 8.03. The van der Waals surface area contributed by atoms with Gasteiger partial charge in [-0.3, -0.25) is 20.2 Å². The number of nitro groups is 2. The molecule has 0 unspecified atom stereocenters. The van der Waals surface area contributed by atoms with Crippen LogP contribution in [0.4, 0.5) is 22.7 Å². The van der Waals surface area contributed by atoms with E-state index in [-0.39, 0.29) is 67.4 Å². The van der Waals surface area contributed by atoms with Gasteiger partial charge < -0.3 is 30.0 Å². The summed E-state index contributed by atoms with van der Waals surface area (Å²) >= 11 is 0. The van der Waals surface area contributed by atoms with Crippen LogP contribution in [0.1, 0.15) is 31.8 Å². The van der Waals surface area contributed by atoms with Crippen LogP contribution in [0.25, 0.3) is 0 Å². The van der Waals surface area contributed by atoms with Gasteiger partial charge in [-0.2, -0.15) is 0 Å². The molecule has 0 bridgehead atoms. The summed E-state index contributed by atoms with van der Waals surface area (Å²) in [5.41, 5.74) is -1.23. The van der Waals surface area contributed by atoms with Crippen molar-refractivity contribution in [3.8, 4) is 11.5 Å². The molecule has 0 aromatic heterocycles. The molecule has 16 heteroatoms. The topological polar surface area (TPSA) is 237 Å². The van der Waals surface area contributed by atoms with Crippen LogP contribution in [0.3, 0.4) is 0 Å². The Bertz CT molecular complexity index is 1620. The van der Waals surface area contributed by atoms with Crippen molar-refractivity contribution in [3.63, 3.8) is 0 Å². The quantitative estimate of drug-likeness (QED) is 0.147. The first-order valence-electron chi connectivity index (χ1n) is 11.6. The number of nitrogens with zero attached hydrogens (tertiary/aromatic N) is 4. The van der Waals surface area contributed by atoms with Crippen molar-refractivity contribution in [2.75, 3.05) is 0 Å². The van der Waals surface area contributed by atoms with E-state index in [9.17, 15) is 50.2 Å². The molecule has 0 aliphatic heterocycles. The summed E-state index contributed by atoms with van der Waals surface area (Å²) in [5.74, 6) is -4.67. The molecule has 4 rings (SSSR count). The van der Waals surface area contributed by atoms with Gasteiger partial charge in [0.15, 0.2) is 0 Å². The van der Waals surface area contributed by atoms with E-state index < -0.39 is 44.4 Å². The predicted octanol–water partition coefficient (Wildman–Crippen LogP) is 1.56. The fraction of sp³-hybridized carbons (Fsp3) is 0. The van der Waals surface area contributed by atoms with Gasteiger partial charge >= 0.3 is 33.6 Å². The number of carboxylic acid groups (broad SMARTS) is 2. The van der Waals surface area contributed by atoms with Crippen LogP contribution >= 0.6 is 0 Å². The number of aromatic carboxylic acids is 2. The monoisotopic (exact) mass is 686 g/mol. The van der Waals surface area contributed by atoms with Crippen LogP contribution in [-0.4, -0.2) is 34.2 Å². The molecule has 2 radical (unpaired) electrons. The summed E-state index contributed by atoms with van der Waals surface area (Å²) in [5, 5.41) is 66.8. The molecule has 0 atom stereocenters. The molecule has 4 aromatic carbocycles. The Morgan fingerprint density at radius 1 is 0.568 bits per heavy atom. The van der Waals surface area contributed by atoms with Gasteiger partial charge in [0.1, 0.15) is 11.4 Å². The molecule has 0 heterocycles. The molecule has 0 aliphatic rings. The number of carbonyl (C=O) groups is 2. The predicted molar refractivity (Wildman–Crippen MR) is 141 cm³/mol. The number of benzene rings is 4. The van der Waals surface area contributed by atoms with Gasteiger partial charge in [0.05, 0.1) is 21.8 Å². The molecule has 0 fully saturated rings. The molecule has 14 nitrogen and oxygen atoms in total. The Balaban J connectivity index is 0.000000421. The minimum absolute atomic E-state index is 0. The normalized spacial score (nSPS) is 10.2. The molecular formula is C28H16Co2N4O10. The molecule has 0 saturated carbocycles. The van der Waals surface area contributed by atoms with Crippen molar-refractivity contribution in [3.05, 3.63) is 127 Å². The SMILES string of the molecule is O=C([O-])c1cccc(C=Nc2ccccc2[N+](=O)[O-])c1[O-].O=C([O-])c1cccc(C=Nc2ccccc2[N+](=O)[O-])c1[O-].[Co+2].[Co+2]. The second kappa shape index (κ2) is 16.9. The van der Waals surface area contributed by atoms with Crippen molar-refractivity contribution in [1.29, 1.82) is 0 Å². The smallest absolute Gasteiger partial charge is 0.872 e. The molecule has 0 saturated heterocycles. The number of hydrogen-bond acceptors (Lipinski definition) is 12. The molecule has 0 spiro atoms. The molecule has 4 aromatic rings. The van der Waals surface area contributed by atoms with E-state index in [4.69, 9.17) is 0 Å². The summed E-state index contributed by atoms with van der Waals surface area (Å²) < 4.78 is 0. The number of rotatable bonds is 8. The third-order valence-corrected chi connectivity index (χ3v) is 5.37. The van der Waals surface area contributed by atoms with Crippen molar-refractivity contribution >= 4 is 47.1 Å². The van der Waals surface area contributed by atoms with Crippen molar-refractivity contribution in [1.82, 2.24) is 0 Å². The van der Waals surface area contributed by atoms with Crippen LogP contribution in [0, 0.1) is 20.2 Å². The summed E-state index contributed by atoms with van der Waals surface area (Å²) in [7, 11) is 0. The first-order valence-corrected chi connectivity index (χ1v) is 11.6. The second-order valence-electron chi connectivity index (χ2n) is 8.03. The fourth-order valence-corrected chi connectivity index (χ4v) is 3.37. The van der Waals surface area contributed by atoms with E-state index >= 15 is 0 Å². The maximum Gasteiger partial charge on any atom is 2.00 e. The summed E-state index contributed by atoms with van der Waals surface area (Å²) in [4.78, 5) is 49.7. The Morgan fingerprint density at radius 2 is 0.909 bits per heavy atom. The Hall–Kier alpha value is -5.43. The maximum absolute atomic E-state index is 11.8. The van der Waals surface area contributed by atoms with Crippen LogP contribution in [0.2, 0.25) is 0 Å². The van der Waals surface area contributed by atoms with Crippen molar-refractivity contribution in [2.24, 2.45) is 9.98 Å². The third kappa shape index (κ3) is 9.29. The number of aliphatic imine (C=N–C) groups is 2. The van der Waals surface area contributed by atoms with Gasteiger partial charge in [-0.1, -0.05) is 72.2 Å². The molecule has 0 amide bonds. The van der Waals surface area contributed by atoms with Gasteiger partial charge in [0.25, 0.3) is 11.4 Å². The van der Waals surface area contributed by atoms with Gasteiger partial charge in [0, 0.05) is 24.6 Å². The first-order chi connectivity index (χ1) is 20.0. The maximum atomic E-state index is 11.8. The van der Waals surface area contributed by atoms with Crippen LogP contribution in [-0.2, 0) is 33.6 Å². The molecule has 44 heavy (non-hydrogen) atoms. The van der Waals surface area contributed by atoms with Crippen LogP contribution < -0.4 is 20.4 Å². The molecule has 226 valence electrons. The zero-order valence-electron chi connectivity index (χ0n) is 21.8. The van der Waals surface area contributed by atoms with Gasteiger partial charge in [0.2, 0.25) is 0 Å². The van der Waals surface area contributed by atoms with E-state index in [1.807, 2.05) is 0 Å². The molecular weight excluding hydrogens is 670 g/mol. The third-order valence-electron chi connectivity index (χ3n) is 5.37. The summed E-state index contributed by atoms with van der Waals surface area (Å²) in [6.07, 6.45) is 2.19.